The smallest absolute Gasteiger partial charge is 0.269 e. The lowest BCUT2D eigenvalue weighted by atomic mass is 9.95. The molecule has 1 aliphatic carbocycles. The molecule has 1 saturated carbocycles. The summed E-state index contributed by atoms with van der Waals surface area (Å²) in [7, 11) is 0. The first-order chi connectivity index (χ1) is 18.8. The zero-order valence-corrected chi connectivity index (χ0v) is 22.8. The Morgan fingerprint density at radius 1 is 1.05 bits per heavy atom. The highest BCUT2D eigenvalue weighted by Gasteiger charge is 2.23. The van der Waals surface area contributed by atoms with Crippen molar-refractivity contribution in [3.05, 3.63) is 103 Å². The van der Waals surface area contributed by atoms with Gasteiger partial charge in [0.1, 0.15) is 0 Å². The fourth-order valence-electron chi connectivity index (χ4n) is 5.24. The van der Waals surface area contributed by atoms with Crippen LogP contribution in [0.3, 0.4) is 0 Å². The molecule has 1 N–H and O–H groups in total. The number of aromatic nitrogens is 2. The number of fused-ring (bicyclic) bond motifs is 1. The van der Waals surface area contributed by atoms with E-state index in [1.54, 1.807) is 34.9 Å². The number of nitro groups is 1. The summed E-state index contributed by atoms with van der Waals surface area (Å²) in [6.45, 7) is 3.96. The number of thioether (sulfide) groups is 1. The molecule has 1 aromatic heterocycles. The van der Waals surface area contributed by atoms with Crippen molar-refractivity contribution < 1.29 is 9.72 Å². The molecule has 8 nitrogen and oxygen atoms in total. The van der Waals surface area contributed by atoms with Gasteiger partial charge in [-0.05, 0) is 73.7 Å². The zero-order chi connectivity index (χ0) is 27.5. The SMILES string of the molecule is Cc1cc(C)cc(NC(=O)c2ccc3c(=O)n(C4CCCCC4)c(SCc4cccc([N+](=O)[O-])c4)nc3c2)c1. The number of amides is 1. The molecule has 0 aliphatic heterocycles. The topological polar surface area (TPSA) is 107 Å². The molecule has 200 valence electrons. The molecule has 9 heteroatoms. The van der Waals surface area contributed by atoms with Gasteiger partial charge in [-0.25, -0.2) is 4.98 Å². The van der Waals surface area contributed by atoms with E-state index in [2.05, 4.69) is 5.32 Å². The highest BCUT2D eigenvalue weighted by Crippen LogP contribution is 2.32. The number of hydrogen-bond donors (Lipinski definition) is 1. The van der Waals surface area contributed by atoms with Crippen molar-refractivity contribution in [2.75, 3.05) is 5.32 Å². The van der Waals surface area contributed by atoms with Crippen LogP contribution in [-0.4, -0.2) is 20.4 Å². The molecule has 1 amide bonds. The molecule has 0 radical (unpaired) electrons. The van der Waals surface area contributed by atoms with Gasteiger partial charge >= 0.3 is 0 Å². The van der Waals surface area contributed by atoms with Crippen molar-refractivity contribution in [2.45, 2.75) is 62.9 Å². The van der Waals surface area contributed by atoms with Gasteiger partial charge in [0.05, 0.1) is 15.8 Å². The number of carbonyl (C=O) groups is 1. The van der Waals surface area contributed by atoms with Gasteiger partial charge in [0, 0.05) is 35.2 Å². The Bertz CT molecular complexity index is 1610. The lowest BCUT2D eigenvalue weighted by Crippen LogP contribution is -2.29. The van der Waals surface area contributed by atoms with E-state index in [1.165, 1.54) is 17.8 Å². The summed E-state index contributed by atoms with van der Waals surface area (Å²) in [5, 5.41) is 15.2. The largest absolute Gasteiger partial charge is 0.322 e. The first-order valence-corrected chi connectivity index (χ1v) is 14.1. The number of carbonyl (C=O) groups excluding carboxylic acids is 1. The molecule has 0 saturated heterocycles. The number of anilines is 1. The number of hydrogen-bond acceptors (Lipinski definition) is 6. The van der Waals surface area contributed by atoms with Crippen LogP contribution < -0.4 is 10.9 Å². The standard InChI is InChI=1S/C30H30N4O4S/c1-19-13-20(2)15-23(14-19)31-28(35)22-11-12-26-27(17-22)32-30(33(29(26)36)24-8-4-3-5-9-24)39-18-21-7-6-10-25(16-21)34(37)38/h6-7,10-17,24H,3-5,8-9,18H2,1-2H3,(H,31,35). The van der Waals surface area contributed by atoms with Gasteiger partial charge in [0.2, 0.25) is 0 Å². The molecule has 1 aliphatic rings. The summed E-state index contributed by atoms with van der Waals surface area (Å²) in [5.41, 5.74) is 4.39. The number of rotatable bonds is 7. The van der Waals surface area contributed by atoms with Crippen LogP contribution in [0.2, 0.25) is 0 Å². The highest BCUT2D eigenvalue weighted by atomic mass is 32.2. The summed E-state index contributed by atoms with van der Waals surface area (Å²) in [6, 6.07) is 17.5. The second kappa shape index (κ2) is 11.4. The van der Waals surface area contributed by atoms with Crippen LogP contribution in [0.4, 0.5) is 11.4 Å². The van der Waals surface area contributed by atoms with Crippen molar-refractivity contribution in [1.82, 2.24) is 9.55 Å². The first-order valence-electron chi connectivity index (χ1n) is 13.1. The minimum atomic E-state index is -0.412. The lowest BCUT2D eigenvalue weighted by molar-refractivity contribution is -0.384. The lowest BCUT2D eigenvalue weighted by Gasteiger charge is -2.26. The van der Waals surface area contributed by atoms with Gasteiger partial charge in [-0.2, -0.15) is 0 Å². The Hall–Kier alpha value is -3.98. The van der Waals surface area contributed by atoms with Crippen molar-refractivity contribution in [3.63, 3.8) is 0 Å². The quantitative estimate of drug-likeness (QED) is 0.117. The average molecular weight is 543 g/mol. The molecule has 1 fully saturated rings. The van der Waals surface area contributed by atoms with Gasteiger partial charge in [0.25, 0.3) is 17.2 Å². The fourth-order valence-corrected chi connectivity index (χ4v) is 6.25. The zero-order valence-electron chi connectivity index (χ0n) is 22.0. The minimum absolute atomic E-state index is 0.0312. The fraction of sp³-hybridized carbons (Fsp3) is 0.300. The van der Waals surface area contributed by atoms with Crippen molar-refractivity contribution >= 4 is 39.9 Å². The first kappa shape index (κ1) is 26.6. The molecule has 0 atom stereocenters. The van der Waals surface area contributed by atoms with Crippen LogP contribution in [-0.2, 0) is 5.75 Å². The normalized spacial score (nSPS) is 13.9. The molecule has 4 aromatic rings. The van der Waals surface area contributed by atoms with E-state index >= 15 is 0 Å². The summed E-state index contributed by atoms with van der Waals surface area (Å²) in [6.07, 6.45) is 5.09. The van der Waals surface area contributed by atoms with Gasteiger partial charge in [-0.1, -0.05) is 49.2 Å². The van der Waals surface area contributed by atoms with Crippen molar-refractivity contribution in [3.8, 4) is 0 Å². The maximum atomic E-state index is 13.8. The van der Waals surface area contributed by atoms with E-state index in [0.717, 1.165) is 48.8 Å². The van der Waals surface area contributed by atoms with E-state index in [1.807, 2.05) is 38.1 Å². The van der Waals surface area contributed by atoms with E-state index in [-0.39, 0.29) is 23.2 Å². The molecule has 39 heavy (non-hydrogen) atoms. The number of aryl methyl sites for hydroxylation is 2. The maximum Gasteiger partial charge on any atom is 0.269 e. The number of nitro benzene ring substituents is 1. The van der Waals surface area contributed by atoms with Crippen LogP contribution in [0.5, 0.6) is 0 Å². The predicted octanol–water partition coefficient (Wildman–Crippen LogP) is 6.97. The van der Waals surface area contributed by atoms with Crippen LogP contribution in [0.1, 0.15) is 65.2 Å². The Labute approximate surface area is 230 Å². The summed E-state index contributed by atoms with van der Waals surface area (Å²) in [5.74, 6) is 0.158. The summed E-state index contributed by atoms with van der Waals surface area (Å²) >= 11 is 1.39. The monoisotopic (exact) mass is 542 g/mol. The predicted molar refractivity (Wildman–Crippen MR) is 155 cm³/mol. The van der Waals surface area contributed by atoms with Crippen molar-refractivity contribution in [1.29, 1.82) is 0 Å². The molecular weight excluding hydrogens is 512 g/mol. The van der Waals surface area contributed by atoms with Gasteiger partial charge < -0.3 is 5.32 Å². The summed E-state index contributed by atoms with van der Waals surface area (Å²) < 4.78 is 1.80. The second-order valence-corrected chi connectivity index (χ2v) is 11.1. The number of nitrogens with zero attached hydrogens (tertiary/aromatic N) is 3. The van der Waals surface area contributed by atoms with Crippen LogP contribution in [0.15, 0.2) is 70.6 Å². The van der Waals surface area contributed by atoms with Crippen LogP contribution in [0.25, 0.3) is 10.9 Å². The Morgan fingerprint density at radius 3 is 2.51 bits per heavy atom. The van der Waals surface area contributed by atoms with E-state index < -0.39 is 4.92 Å². The highest BCUT2D eigenvalue weighted by molar-refractivity contribution is 7.98. The average Bonchev–Trinajstić information content (AvgIpc) is 2.91. The Balaban J connectivity index is 1.50. The molecule has 0 spiro atoms. The van der Waals surface area contributed by atoms with Crippen LogP contribution in [0, 0.1) is 24.0 Å². The third-order valence-electron chi connectivity index (χ3n) is 7.04. The molecular formula is C30H30N4O4S. The number of nitrogens with one attached hydrogen (secondary N) is 1. The number of benzene rings is 3. The van der Waals surface area contributed by atoms with E-state index in [0.29, 0.717) is 33.1 Å². The summed E-state index contributed by atoms with van der Waals surface area (Å²) in [4.78, 5) is 42.5. The van der Waals surface area contributed by atoms with Gasteiger partial charge in [-0.15, -0.1) is 0 Å². The van der Waals surface area contributed by atoms with E-state index in [4.69, 9.17) is 4.98 Å². The molecule has 0 bridgehead atoms. The molecule has 0 unspecified atom stereocenters. The van der Waals surface area contributed by atoms with Crippen molar-refractivity contribution in [2.24, 2.45) is 0 Å². The second-order valence-electron chi connectivity index (χ2n) is 10.1. The third kappa shape index (κ3) is 6.04. The maximum absolute atomic E-state index is 13.8. The van der Waals surface area contributed by atoms with Crippen LogP contribution >= 0.6 is 11.8 Å². The Kier molecular flexibility index (Phi) is 7.79. The Morgan fingerprint density at radius 2 is 1.79 bits per heavy atom. The van der Waals surface area contributed by atoms with E-state index in [9.17, 15) is 19.7 Å². The number of non-ortho nitro benzene ring substituents is 1. The minimum Gasteiger partial charge on any atom is -0.322 e. The third-order valence-corrected chi connectivity index (χ3v) is 8.06. The van der Waals surface area contributed by atoms with Gasteiger partial charge in [-0.3, -0.25) is 24.3 Å². The van der Waals surface area contributed by atoms with Gasteiger partial charge in [0.15, 0.2) is 5.16 Å². The molecule has 1 heterocycles. The molecule has 5 rings (SSSR count). The molecule has 3 aromatic carbocycles.